The molecule has 5 nitrogen and oxygen atoms in total. The van der Waals surface area contributed by atoms with E-state index in [1.54, 1.807) is 36.8 Å². The Morgan fingerprint density at radius 1 is 1.00 bits per heavy atom. The number of pyridine rings is 1. The molecule has 0 saturated carbocycles. The van der Waals surface area contributed by atoms with E-state index >= 15 is 0 Å². The fraction of sp³-hybridized carbons (Fsp3) is 0.0952. The van der Waals surface area contributed by atoms with Gasteiger partial charge in [-0.05, 0) is 12.1 Å². The number of nitrogens with one attached hydrogen (secondary N) is 1. The van der Waals surface area contributed by atoms with Gasteiger partial charge in [0.15, 0.2) is 23.3 Å². The minimum atomic E-state index is -5.70. The van der Waals surface area contributed by atoms with E-state index in [9.17, 15) is 35.5 Å². The van der Waals surface area contributed by atoms with Crippen LogP contribution in [0.25, 0.3) is 22.2 Å². The average Bonchev–Trinajstić information content (AvgIpc) is 3.20. The van der Waals surface area contributed by atoms with Crippen molar-refractivity contribution in [2.45, 2.75) is 6.18 Å². The molecule has 1 N–H and O–H groups in total. The molecule has 0 spiro atoms. The van der Waals surface area contributed by atoms with Gasteiger partial charge in [-0.3, -0.25) is 9.48 Å². The molecule has 2 heterocycles. The summed E-state index contributed by atoms with van der Waals surface area (Å²) in [4.78, 5) is 17.2. The van der Waals surface area contributed by atoms with Crippen molar-refractivity contribution in [2.75, 3.05) is 5.32 Å². The molecule has 33 heavy (non-hydrogen) atoms. The Morgan fingerprint density at radius 3 is 2.21 bits per heavy atom. The maximum absolute atomic E-state index is 14.3. The van der Waals surface area contributed by atoms with Gasteiger partial charge in [-0.2, -0.15) is 18.3 Å². The number of anilines is 1. The van der Waals surface area contributed by atoms with Crippen molar-refractivity contribution in [3.05, 3.63) is 77.1 Å². The molecular weight excluding hydrogens is 457 g/mol. The number of para-hydroxylation sites is 1. The molecule has 12 heteroatoms. The lowest BCUT2D eigenvalue weighted by Gasteiger charge is -2.15. The van der Waals surface area contributed by atoms with Crippen molar-refractivity contribution in [3.8, 4) is 11.3 Å². The highest BCUT2D eigenvalue weighted by atomic mass is 19.4. The molecule has 0 bridgehead atoms. The standard InChI is InChI=1S/C21H11F7N4O/c1-32-8-9(7-29-32)13-6-11(10-4-2-3-5-12(10)30-13)20(33)31-19-17(24)15(22)14(21(26,27)28)16(23)18(19)25/h2-8H,1H3,(H,31,33). The van der Waals surface area contributed by atoms with Crippen LogP contribution < -0.4 is 5.32 Å². The highest BCUT2D eigenvalue weighted by Crippen LogP contribution is 2.38. The molecule has 1 amide bonds. The van der Waals surface area contributed by atoms with Crippen molar-refractivity contribution < 1.29 is 35.5 Å². The molecule has 0 unspecified atom stereocenters. The number of aromatic nitrogens is 3. The smallest absolute Gasteiger partial charge is 0.317 e. The average molecular weight is 468 g/mol. The van der Waals surface area contributed by atoms with Gasteiger partial charge < -0.3 is 5.32 Å². The molecule has 0 aliphatic heterocycles. The molecule has 0 fully saturated rings. The number of nitrogens with zero attached hydrogens (tertiary/aromatic N) is 3. The molecule has 4 aromatic rings. The topological polar surface area (TPSA) is 59.8 Å². The maximum atomic E-state index is 14.3. The quantitative estimate of drug-likeness (QED) is 0.321. The van der Waals surface area contributed by atoms with E-state index in [0.717, 1.165) is 0 Å². The maximum Gasteiger partial charge on any atom is 0.422 e. The summed E-state index contributed by atoms with van der Waals surface area (Å²) in [6, 6.07) is 7.42. The zero-order chi connectivity index (χ0) is 24.1. The van der Waals surface area contributed by atoms with Crippen LogP contribution in [0.4, 0.5) is 36.4 Å². The number of hydrogen-bond donors (Lipinski definition) is 1. The number of hydrogen-bond acceptors (Lipinski definition) is 3. The van der Waals surface area contributed by atoms with Crippen LogP contribution in [-0.4, -0.2) is 20.7 Å². The van der Waals surface area contributed by atoms with E-state index in [4.69, 9.17) is 0 Å². The van der Waals surface area contributed by atoms with Crippen LogP contribution in [0.15, 0.2) is 42.7 Å². The first-order chi connectivity index (χ1) is 15.5. The predicted molar refractivity (Wildman–Crippen MR) is 103 cm³/mol. The van der Waals surface area contributed by atoms with Crippen LogP contribution in [0, 0.1) is 23.3 Å². The zero-order valence-corrected chi connectivity index (χ0v) is 16.4. The summed E-state index contributed by atoms with van der Waals surface area (Å²) >= 11 is 0. The van der Waals surface area contributed by atoms with Gasteiger partial charge >= 0.3 is 6.18 Å². The van der Waals surface area contributed by atoms with Crippen LogP contribution >= 0.6 is 0 Å². The number of rotatable bonds is 3. The summed E-state index contributed by atoms with van der Waals surface area (Å²) in [5.41, 5.74) is -3.58. The number of fused-ring (bicyclic) bond motifs is 1. The van der Waals surface area contributed by atoms with E-state index in [-0.39, 0.29) is 16.6 Å². The lowest BCUT2D eigenvalue weighted by atomic mass is 10.0. The third kappa shape index (κ3) is 3.88. The van der Waals surface area contributed by atoms with E-state index in [1.807, 2.05) is 0 Å². The van der Waals surface area contributed by atoms with Gasteiger partial charge in [0, 0.05) is 24.2 Å². The summed E-state index contributed by atoms with van der Waals surface area (Å²) < 4.78 is 96.2. The van der Waals surface area contributed by atoms with Crippen molar-refractivity contribution in [1.29, 1.82) is 0 Å². The van der Waals surface area contributed by atoms with Crippen LogP contribution in [0.5, 0.6) is 0 Å². The Kier molecular flexibility index (Phi) is 5.30. The number of halogens is 7. The largest absolute Gasteiger partial charge is 0.422 e. The second-order valence-corrected chi connectivity index (χ2v) is 6.93. The number of carbonyl (C=O) groups is 1. The SMILES string of the molecule is Cn1cc(-c2cc(C(=O)Nc3c(F)c(F)c(C(F)(F)F)c(F)c3F)c3ccccc3n2)cn1. The Hall–Kier alpha value is -3.96. The molecule has 2 aromatic carbocycles. The van der Waals surface area contributed by atoms with Gasteiger partial charge in [0.2, 0.25) is 0 Å². The molecule has 4 rings (SSSR count). The van der Waals surface area contributed by atoms with Crippen molar-refractivity contribution in [3.63, 3.8) is 0 Å². The van der Waals surface area contributed by atoms with Crippen molar-refractivity contribution in [2.24, 2.45) is 7.05 Å². The molecule has 0 atom stereocenters. The molecule has 170 valence electrons. The van der Waals surface area contributed by atoms with Crippen molar-refractivity contribution in [1.82, 2.24) is 14.8 Å². The first kappa shape index (κ1) is 22.2. The summed E-state index contributed by atoms with van der Waals surface area (Å²) in [6.07, 6.45) is -2.67. The highest BCUT2D eigenvalue weighted by Gasteiger charge is 2.42. The Morgan fingerprint density at radius 2 is 1.64 bits per heavy atom. The Balaban J connectivity index is 1.84. The number of alkyl halides is 3. The van der Waals surface area contributed by atoms with Gasteiger partial charge in [0.05, 0.1) is 23.0 Å². The second kappa shape index (κ2) is 7.87. The first-order valence-electron chi connectivity index (χ1n) is 9.12. The van der Waals surface area contributed by atoms with E-state index < -0.39 is 46.6 Å². The fourth-order valence-corrected chi connectivity index (χ4v) is 3.24. The summed E-state index contributed by atoms with van der Waals surface area (Å²) in [6.45, 7) is 0. The molecule has 0 radical (unpaired) electrons. The fourth-order valence-electron chi connectivity index (χ4n) is 3.24. The molecule has 0 saturated heterocycles. The minimum Gasteiger partial charge on any atom is -0.317 e. The van der Waals surface area contributed by atoms with E-state index in [1.165, 1.54) is 23.0 Å². The lowest BCUT2D eigenvalue weighted by Crippen LogP contribution is -2.20. The number of carbonyl (C=O) groups excluding carboxylic acids is 1. The second-order valence-electron chi connectivity index (χ2n) is 6.93. The molecule has 2 aromatic heterocycles. The third-order valence-corrected chi connectivity index (χ3v) is 4.75. The summed E-state index contributed by atoms with van der Waals surface area (Å²) in [7, 11) is 1.64. The molecule has 0 aliphatic carbocycles. The molecule has 0 aliphatic rings. The number of benzene rings is 2. The number of amides is 1. The van der Waals surface area contributed by atoms with Gasteiger partial charge in [0.1, 0.15) is 11.3 Å². The Bertz CT molecular complexity index is 1380. The van der Waals surface area contributed by atoms with E-state index in [0.29, 0.717) is 11.1 Å². The normalized spacial score (nSPS) is 11.8. The monoisotopic (exact) mass is 468 g/mol. The first-order valence-corrected chi connectivity index (χ1v) is 9.12. The zero-order valence-electron chi connectivity index (χ0n) is 16.4. The third-order valence-electron chi connectivity index (χ3n) is 4.75. The van der Waals surface area contributed by atoms with Gasteiger partial charge in [-0.15, -0.1) is 0 Å². The highest BCUT2D eigenvalue weighted by molar-refractivity contribution is 6.13. The van der Waals surface area contributed by atoms with Gasteiger partial charge in [-0.1, -0.05) is 18.2 Å². The van der Waals surface area contributed by atoms with Crippen LogP contribution in [0.1, 0.15) is 15.9 Å². The molecular formula is C21H11F7N4O. The van der Waals surface area contributed by atoms with Gasteiger partial charge in [-0.25, -0.2) is 22.5 Å². The minimum absolute atomic E-state index is 0.195. The number of aryl methyl sites for hydroxylation is 1. The van der Waals surface area contributed by atoms with Crippen LogP contribution in [0.3, 0.4) is 0 Å². The lowest BCUT2D eigenvalue weighted by molar-refractivity contribution is -0.143. The predicted octanol–water partition coefficient (Wildman–Crippen LogP) is 5.46. The summed E-state index contributed by atoms with van der Waals surface area (Å²) in [5.74, 6) is -11.4. The van der Waals surface area contributed by atoms with Crippen molar-refractivity contribution >= 4 is 22.5 Å². The van der Waals surface area contributed by atoms with Crippen LogP contribution in [-0.2, 0) is 13.2 Å². The van der Waals surface area contributed by atoms with Crippen LogP contribution in [0.2, 0.25) is 0 Å². The Labute approximate surface area is 180 Å². The van der Waals surface area contributed by atoms with Gasteiger partial charge in [0.25, 0.3) is 5.91 Å². The summed E-state index contributed by atoms with van der Waals surface area (Å²) in [5, 5.41) is 5.85. The van der Waals surface area contributed by atoms with E-state index in [2.05, 4.69) is 10.1 Å².